The normalized spacial score (nSPS) is 28.5. The molecule has 94 valence electrons. The number of aromatic nitrogens is 2. The molecule has 0 aromatic carbocycles. The predicted molar refractivity (Wildman–Crippen MR) is 62.2 cm³/mol. The van der Waals surface area contributed by atoms with Gasteiger partial charge in [0.2, 0.25) is 0 Å². The van der Waals surface area contributed by atoms with E-state index >= 15 is 0 Å². The van der Waals surface area contributed by atoms with E-state index in [-0.39, 0.29) is 18.7 Å². The summed E-state index contributed by atoms with van der Waals surface area (Å²) in [7, 11) is 0. The molecule has 2 heterocycles. The van der Waals surface area contributed by atoms with Gasteiger partial charge in [-0.15, -0.1) is 0 Å². The van der Waals surface area contributed by atoms with Gasteiger partial charge in [0.25, 0.3) is 0 Å². The molecule has 0 spiro atoms. The molecule has 1 aliphatic rings. The minimum absolute atomic E-state index is 0.270. The number of aliphatic hydroxyl groups is 2. The number of H-pyrrole nitrogens is 1. The zero-order valence-electron chi connectivity index (χ0n) is 9.29. The van der Waals surface area contributed by atoms with E-state index in [1.54, 1.807) is 13.1 Å². The van der Waals surface area contributed by atoms with Gasteiger partial charge in [-0.3, -0.25) is 9.55 Å². The third-order valence-corrected chi connectivity index (χ3v) is 3.26. The molecule has 0 aliphatic carbocycles. The monoisotopic (exact) mass is 258 g/mol. The highest BCUT2D eigenvalue weighted by Crippen LogP contribution is 2.27. The summed E-state index contributed by atoms with van der Waals surface area (Å²) in [5.74, 6) is 0. The average molecular weight is 258 g/mol. The lowest BCUT2D eigenvalue weighted by Gasteiger charge is -2.14. The van der Waals surface area contributed by atoms with Gasteiger partial charge in [-0.25, -0.2) is 4.79 Å². The second kappa shape index (κ2) is 4.69. The highest BCUT2D eigenvalue weighted by atomic mass is 32.1. The molecule has 17 heavy (non-hydrogen) atoms. The lowest BCUT2D eigenvalue weighted by molar-refractivity contribution is -0.0459. The number of nitrogens with zero attached hydrogens (tertiary/aromatic N) is 1. The molecule has 1 aliphatic heterocycles. The molecule has 2 rings (SSSR count). The summed E-state index contributed by atoms with van der Waals surface area (Å²) in [4.78, 5) is 14.2. The SMILES string of the molecule is Cc1cn([C@H]2C[C@@H](O)[C@@H](CO)O2)c(=O)[nH]c1=S. The van der Waals surface area contributed by atoms with Crippen molar-refractivity contribution in [2.24, 2.45) is 0 Å². The van der Waals surface area contributed by atoms with Crippen LogP contribution in [0.25, 0.3) is 0 Å². The molecule has 0 unspecified atom stereocenters. The average Bonchev–Trinajstić information content (AvgIpc) is 2.65. The van der Waals surface area contributed by atoms with Gasteiger partial charge in [0, 0.05) is 18.2 Å². The fourth-order valence-electron chi connectivity index (χ4n) is 1.85. The first-order valence-electron chi connectivity index (χ1n) is 5.29. The van der Waals surface area contributed by atoms with Gasteiger partial charge in [0.15, 0.2) is 0 Å². The van der Waals surface area contributed by atoms with Crippen LogP contribution >= 0.6 is 12.2 Å². The topological polar surface area (TPSA) is 87.5 Å². The van der Waals surface area contributed by atoms with Gasteiger partial charge in [0.05, 0.1) is 12.7 Å². The molecule has 0 amide bonds. The Hall–Kier alpha value is -1.02. The fourth-order valence-corrected chi connectivity index (χ4v) is 1.99. The Kier molecular flexibility index (Phi) is 3.43. The largest absolute Gasteiger partial charge is 0.394 e. The number of nitrogens with one attached hydrogen (secondary N) is 1. The second-order valence-electron chi connectivity index (χ2n) is 4.09. The van der Waals surface area contributed by atoms with Crippen molar-refractivity contribution in [3.05, 3.63) is 26.9 Å². The number of hydrogen-bond donors (Lipinski definition) is 3. The van der Waals surface area contributed by atoms with Crippen molar-refractivity contribution in [1.82, 2.24) is 9.55 Å². The van der Waals surface area contributed by atoms with Crippen LogP contribution in [-0.4, -0.2) is 38.6 Å². The summed E-state index contributed by atoms with van der Waals surface area (Å²) in [5, 5.41) is 18.6. The summed E-state index contributed by atoms with van der Waals surface area (Å²) in [6.07, 6.45) is -0.107. The van der Waals surface area contributed by atoms with Crippen LogP contribution in [0.1, 0.15) is 18.2 Å². The molecule has 0 bridgehead atoms. The number of aliphatic hydroxyl groups excluding tert-OH is 2. The number of ether oxygens (including phenoxy) is 1. The van der Waals surface area contributed by atoms with Crippen molar-refractivity contribution in [2.75, 3.05) is 6.61 Å². The zero-order valence-corrected chi connectivity index (χ0v) is 10.1. The number of hydrogen-bond acceptors (Lipinski definition) is 5. The maximum atomic E-state index is 11.7. The molecular formula is C10H14N2O4S. The van der Waals surface area contributed by atoms with E-state index in [0.717, 1.165) is 5.56 Å². The van der Waals surface area contributed by atoms with E-state index in [4.69, 9.17) is 22.1 Å². The Morgan fingerprint density at radius 3 is 3.00 bits per heavy atom. The predicted octanol–water partition coefficient (Wildman–Crippen LogP) is -0.145. The van der Waals surface area contributed by atoms with Gasteiger partial charge >= 0.3 is 5.69 Å². The molecule has 0 radical (unpaired) electrons. The third-order valence-electron chi connectivity index (χ3n) is 2.84. The Labute approximate surface area is 102 Å². The number of aryl methyl sites for hydroxylation is 1. The van der Waals surface area contributed by atoms with E-state index in [9.17, 15) is 9.90 Å². The van der Waals surface area contributed by atoms with E-state index in [1.165, 1.54) is 4.57 Å². The first kappa shape index (κ1) is 12.4. The number of aromatic amines is 1. The van der Waals surface area contributed by atoms with E-state index < -0.39 is 18.4 Å². The van der Waals surface area contributed by atoms with Crippen LogP contribution < -0.4 is 5.69 Å². The molecule has 3 N–H and O–H groups in total. The van der Waals surface area contributed by atoms with Crippen LogP contribution in [0.5, 0.6) is 0 Å². The lowest BCUT2D eigenvalue weighted by atomic mass is 10.2. The maximum Gasteiger partial charge on any atom is 0.328 e. The minimum atomic E-state index is -0.764. The quantitative estimate of drug-likeness (QED) is 0.642. The van der Waals surface area contributed by atoms with Crippen LogP contribution in [0.2, 0.25) is 0 Å². The van der Waals surface area contributed by atoms with E-state index in [0.29, 0.717) is 4.64 Å². The summed E-state index contributed by atoms with van der Waals surface area (Å²) in [6, 6.07) is 0. The van der Waals surface area contributed by atoms with Gasteiger partial charge in [0.1, 0.15) is 17.0 Å². The minimum Gasteiger partial charge on any atom is -0.394 e. The van der Waals surface area contributed by atoms with Gasteiger partial charge < -0.3 is 14.9 Å². The number of rotatable bonds is 2. The van der Waals surface area contributed by atoms with E-state index in [2.05, 4.69) is 4.98 Å². The van der Waals surface area contributed by atoms with Crippen molar-refractivity contribution in [2.45, 2.75) is 31.8 Å². The smallest absolute Gasteiger partial charge is 0.328 e. The standard InChI is InChI=1S/C10H14N2O4S/c1-5-3-12(10(15)11-9(5)17)8-2-6(14)7(4-13)16-8/h3,6-8,13-14H,2,4H2,1H3,(H,11,15,17)/t6-,7-,8-/m1/s1. The molecule has 1 aromatic rings. The first-order chi connectivity index (χ1) is 8.02. The molecule has 6 nitrogen and oxygen atoms in total. The highest BCUT2D eigenvalue weighted by molar-refractivity contribution is 7.71. The lowest BCUT2D eigenvalue weighted by Crippen LogP contribution is -2.28. The zero-order chi connectivity index (χ0) is 12.6. The third kappa shape index (κ3) is 2.32. The fraction of sp³-hybridized carbons (Fsp3) is 0.600. The summed E-state index contributed by atoms with van der Waals surface area (Å²) in [5.41, 5.74) is 0.376. The maximum absolute atomic E-state index is 11.7. The van der Waals surface area contributed by atoms with Crippen LogP contribution in [0.15, 0.2) is 11.0 Å². The van der Waals surface area contributed by atoms with Crippen LogP contribution in [0.4, 0.5) is 0 Å². The Bertz CT molecular complexity index is 524. The molecule has 1 saturated heterocycles. The van der Waals surface area contributed by atoms with Gasteiger partial charge in [-0.05, 0) is 6.92 Å². The van der Waals surface area contributed by atoms with Crippen LogP contribution in [-0.2, 0) is 4.74 Å². The summed E-state index contributed by atoms with van der Waals surface area (Å²) in [6.45, 7) is 1.51. The molecular weight excluding hydrogens is 244 g/mol. The van der Waals surface area contributed by atoms with Crippen molar-refractivity contribution >= 4 is 12.2 Å². The van der Waals surface area contributed by atoms with Crippen molar-refractivity contribution in [3.8, 4) is 0 Å². The highest BCUT2D eigenvalue weighted by Gasteiger charge is 2.34. The molecule has 7 heteroatoms. The van der Waals surface area contributed by atoms with Crippen LogP contribution in [0, 0.1) is 11.6 Å². The Morgan fingerprint density at radius 1 is 1.71 bits per heavy atom. The second-order valence-corrected chi connectivity index (χ2v) is 4.50. The Morgan fingerprint density at radius 2 is 2.41 bits per heavy atom. The summed E-state index contributed by atoms with van der Waals surface area (Å²) < 4.78 is 7.14. The van der Waals surface area contributed by atoms with Crippen LogP contribution in [0.3, 0.4) is 0 Å². The van der Waals surface area contributed by atoms with Crippen molar-refractivity contribution < 1.29 is 14.9 Å². The Balaban J connectivity index is 2.34. The van der Waals surface area contributed by atoms with Gasteiger partial charge in [-0.2, -0.15) is 0 Å². The van der Waals surface area contributed by atoms with Gasteiger partial charge in [-0.1, -0.05) is 12.2 Å². The molecule has 1 fully saturated rings. The molecule has 0 saturated carbocycles. The summed E-state index contributed by atoms with van der Waals surface area (Å²) >= 11 is 4.95. The first-order valence-corrected chi connectivity index (χ1v) is 5.70. The van der Waals surface area contributed by atoms with Crippen molar-refractivity contribution in [3.63, 3.8) is 0 Å². The molecule has 1 aromatic heterocycles. The van der Waals surface area contributed by atoms with E-state index in [1.807, 2.05) is 0 Å². The van der Waals surface area contributed by atoms with Crippen molar-refractivity contribution in [1.29, 1.82) is 0 Å². The molecule has 3 atom stereocenters.